The molecule has 0 saturated carbocycles. The maximum absolute atomic E-state index is 4.61. The lowest BCUT2D eigenvalue weighted by molar-refractivity contribution is 0.542. The molecule has 1 aromatic rings. The fourth-order valence-corrected chi connectivity index (χ4v) is 1.76. The Morgan fingerprint density at radius 1 is 1.31 bits per heavy atom. The molecule has 0 unspecified atom stereocenters. The molecule has 1 aromatic heterocycles. The number of halogens is 1. The van der Waals surface area contributed by atoms with Crippen molar-refractivity contribution < 1.29 is 0 Å². The van der Waals surface area contributed by atoms with Crippen LogP contribution in [0.2, 0.25) is 0 Å². The Morgan fingerprint density at radius 2 is 1.94 bits per heavy atom. The van der Waals surface area contributed by atoms with E-state index in [1.54, 1.807) is 0 Å². The van der Waals surface area contributed by atoms with E-state index >= 15 is 0 Å². The summed E-state index contributed by atoms with van der Waals surface area (Å²) < 4.78 is 0.852. The predicted molar refractivity (Wildman–Crippen MR) is 72.0 cm³/mol. The Kier molecular flexibility index (Phi) is 4.30. The molecule has 0 aromatic carbocycles. The summed E-state index contributed by atoms with van der Waals surface area (Å²) >= 11 is 3.45. The number of rotatable bonds is 3. The van der Waals surface area contributed by atoms with Crippen LogP contribution in [-0.4, -0.2) is 23.6 Å². The number of hydrogen-bond acceptors (Lipinski definition) is 3. The van der Waals surface area contributed by atoms with Gasteiger partial charge in [-0.15, -0.1) is 0 Å². The molecule has 0 fully saturated rings. The molecule has 16 heavy (non-hydrogen) atoms. The first kappa shape index (κ1) is 13.4. The summed E-state index contributed by atoms with van der Waals surface area (Å²) in [4.78, 5) is 11.2. The third-order valence-corrected chi connectivity index (χ3v) is 2.71. The molecule has 1 rings (SSSR count). The molecule has 3 nitrogen and oxygen atoms in total. The summed E-state index contributed by atoms with van der Waals surface area (Å²) in [6.45, 7) is 9.54. The van der Waals surface area contributed by atoms with Gasteiger partial charge in [-0.1, -0.05) is 27.7 Å². The largest absolute Gasteiger partial charge is 0.360 e. The van der Waals surface area contributed by atoms with Crippen molar-refractivity contribution in [3.8, 4) is 0 Å². The summed E-state index contributed by atoms with van der Waals surface area (Å²) in [5, 5.41) is 0. The van der Waals surface area contributed by atoms with E-state index in [0.29, 0.717) is 0 Å². The van der Waals surface area contributed by atoms with Crippen LogP contribution in [0.4, 0.5) is 5.82 Å². The molecule has 0 aliphatic heterocycles. The molecule has 0 N–H and O–H groups in total. The van der Waals surface area contributed by atoms with E-state index in [0.717, 1.165) is 29.2 Å². The number of anilines is 1. The normalized spacial score (nSPS) is 11.6. The SMILES string of the molecule is CCCN(C)c1cc(Br)nc(C(C)(C)C)n1. The van der Waals surface area contributed by atoms with Crippen LogP contribution in [0, 0.1) is 0 Å². The minimum atomic E-state index is -0.0222. The van der Waals surface area contributed by atoms with Gasteiger partial charge in [0.15, 0.2) is 0 Å². The van der Waals surface area contributed by atoms with Crippen molar-refractivity contribution in [2.24, 2.45) is 0 Å². The summed E-state index contributed by atoms with van der Waals surface area (Å²) in [5.74, 6) is 1.86. The molecule has 4 heteroatoms. The van der Waals surface area contributed by atoms with E-state index < -0.39 is 0 Å². The summed E-state index contributed by atoms with van der Waals surface area (Å²) in [7, 11) is 2.06. The summed E-state index contributed by atoms with van der Waals surface area (Å²) in [6.07, 6.45) is 1.11. The van der Waals surface area contributed by atoms with Crippen molar-refractivity contribution in [3.63, 3.8) is 0 Å². The lowest BCUT2D eigenvalue weighted by Gasteiger charge is -2.22. The smallest absolute Gasteiger partial charge is 0.137 e. The van der Waals surface area contributed by atoms with Crippen molar-refractivity contribution in [2.75, 3.05) is 18.5 Å². The van der Waals surface area contributed by atoms with E-state index in [1.807, 2.05) is 6.07 Å². The highest BCUT2D eigenvalue weighted by Crippen LogP contribution is 2.23. The van der Waals surface area contributed by atoms with Crippen molar-refractivity contribution in [1.82, 2.24) is 9.97 Å². The predicted octanol–water partition coefficient (Wildman–Crippen LogP) is 3.38. The molecule has 0 aliphatic carbocycles. The number of hydrogen-bond donors (Lipinski definition) is 0. The van der Waals surface area contributed by atoms with Gasteiger partial charge in [-0.3, -0.25) is 0 Å². The van der Waals surface area contributed by atoms with Crippen LogP contribution >= 0.6 is 15.9 Å². The van der Waals surface area contributed by atoms with E-state index in [2.05, 4.69) is 65.5 Å². The topological polar surface area (TPSA) is 29.0 Å². The van der Waals surface area contributed by atoms with Crippen LogP contribution in [0.1, 0.15) is 39.9 Å². The van der Waals surface area contributed by atoms with Crippen LogP contribution in [0.15, 0.2) is 10.7 Å². The zero-order valence-corrected chi connectivity index (χ0v) is 12.3. The second-order valence-corrected chi connectivity index (χ2v) is 5.86. The van der Waals surface area contributed by atoms with Gasteiger partial charge in [0.05, 0.1) is 0 Å². The lowest BCUT2D eigenvalue weighted by Crippen LogP contribution is -2.23. The average molecular weight is 286 g/mol. The van der Waals surface area contributed by atoms with Crippen LogP contribution in [0.5, 0.6) is 0 Å². The first-order chi connectivity index (χ1) is 7.34. The summed E-state index contributed by atoms with van der Waals surface area (Å²) in [5.41, 5.74) is -0.0222. The van der Waals surface area contributed by atoms with E-state index in [-0.39, 0.29) is 5.41 Å². The van der Waals surface area contributed by atoms with Gasteiger partial charge in [-0.05, 0) is 22.4 Å². The molecule has 1 heterocycles. The minimum absolute atomic E-state index is 0.0222. The zero-order valence-electron chi connectivity index (χ0n) is 10.7. The van der Waals surface area contributed by atoms with Crippen LogP contribution in [0.25, 0.3) is 0 Å². The average Bonchev–Trinajstić information content (AvgIpc) is 2.16. The minimum Gasteiger partial charge on any atom is -0.360 e. The lowest BCUT2D eigenvalue weighted by atomic mass is 9.96. The van der Waals surface area contributed by atoms with E-state index in [4.69, 9.17) is 0 Å². The van der Waals surface area contributed by atoms with Gasteiger partial charge in [0.2, 0.25) is 0 Å². The van der Waals surface area contributed by atoms with Crippen LogP contribution in [-0.2, 0) is 5.41 Å². The molecule has 0 spiro atoms. The second-order valence-electron chi connectivity index (χ2n) is 5.04. The fourth-order valence-electron chi connectivity index (χ4n) is 1.39. The third kappa shape index (κ3) is 3.44. The van der Waals surface area contributed by atoms with Gasteiger partial charge in [-0.2, -0.15) is 0 Å². The Bertz CT molecular complexity index is 358. The maximum Gasteiger partial charge on any atom is 0.137 e. The van der Waals surface area contributed by atoms with Gasteiger partial charge >= 0.3 is 0 Å². The molecule has 0 bridgehead atoms. The first-order valence-corrected chi connectivity index (χ1v) is 6.40. The van der Waals surface area contributed by atoms with Crippen molar-refractivity contribution in [1.29, 1.82) is 0 Å². The third-order valence-electron chi connectivity index (χ3n) is 2.30. The number of aromatic nitrogens is 2. The molecule has 0 atom stereocenters. The second kappa shape index (κ2) is 5.13. The van der Waals surface area contributed by atoms with Gasteiger partial charge in [0.25, 0.3) is 0 Å². The molecule has 0 amide bonds. The molecular formula is C12H20BrN3. The summed E-state index contributed by atoms with van der Waals surface area (Å²) in [6, 6.07) is 1.96. The van der Waals surface area contributed by atoms with Gasteiger partial charge < -0.3 is 4.90 Å². The van der Waals surface area contributed by atoms with Crippen LogP contribution < -0.4 is 4.90 Å². The molecular weight excluding hydrogens is 266 g/mol. The molecule has 0 saturated heterocycles. The van der Waals surface area contributed by atoms with Gasteiger partial charge in [0, 0.05) is 25.1 Å². The molecule has 0 aliphatic rings. The van der Waals surface area contributed by atoms with E-state index in [1.165, 1.54) is 0 Å². The van der Waals surface area contributed by atoms with Crippen molar-refractivity contribution >= 4 is 21.7 Å². The Balaban J connectivity index is 3.08. The fraction of sp³-hybridized carbons (Fsp3) is 0.667. The number of nitrogens with zero attached hydrogens (tertiary/aromatic N) is 3. The Hall–Kier alpha value is -0.640. The van der Waals surface area contributed by atoms with Gasteiger partial charge in [0.1, 0.15) is 16.2 Å². The highest BCUT2D eigenvalue weighted by molar-refractivity contribution is 9.10. The Labute approximate surface area is 106 Å². The maximum atomic E-state index is 4.61. The standard InChI is InChI=1S/C12H20BrN3/c1-6-7-16(5)10-8-9(13)14-11(15-10)12(2,3)4/h8H,6-7H2,1-5H3. The van der Waals surface area contributed by atoms with Crippen molar-refractivity contribution in [2.45, 2.75) is 39.5 Å². The van der Waals surface area contributed by atoms with E-state index in [9.17, 15) is 0 Å². The molecule has 90 valence electrons. The highest BCUT2D eigenvalue weighted by Gasteiger charge is 2.19. The zero-order chi connectivity index (χ0) is 12.3. The van der Waals surface area contributed by atoms with Gasteiger partial charge in [-0.25, -0.2) is 9.97 Å². The monoisotopic (exact) mass is 285 g/mol. The first-order valence-electron chi connectivity index (χ1n) is 5.60. The van der Waals surface area contributed by atoms with Crippen LogP contribution in [0.3, 0.4) is 0 Å². The quantitative estimate of drug-likeness (QED) is 0.798. The molecule has 0 radical (unpaired) electrons. The Morgan fingerprint density at radius 3 is 2.44 bits per heavy atom. The van der Waals surface area contributed by atoms with Crippen molar-refractivity contribution in [3.05, 3.63) is 16.5 Å². The highest BCUT2D eigenvalue weighted by atomic mass is 79.9.